The quantitative estimate of drug-likeness (QED) is 0.194. The van der Waals surface area contributed by atoms with Crippen LogP contribution in [0.1, 0.15) is 11.1 Å². The topological polar surface area (TPSA) is 60.7 Å². The summed E-state index contributed by atoms with van der Waals surface area (Å²) in [5.41, 5.74) is 7.37. The summed E-state index contributed by atoms with van der Waals surface area (Å²) in [4.78, 5) is 0. The SMILES string of the molecule is N#Cc1c2ccccc2c(-c2ccc3c(c2)oc2ccc(-c4c5ccccc5c(C#N)c5ccccc45)cc23)c2ccccc12. The van der Waals surface area contributed by atoms with E-state index in [-0.39, 0.29) is 0 Å². The van der Waals surface area contributed by atoms with Crippen LogP contribution in [0.15, 0.2) is 138 Å². The normalized spacial score (nSPS) is 11.5. The summed E-state index contributed by atoms with van der Waals surface area (Å²) in [7, 11) is 0. The molecule has 0 fully saturated rings. The molecule has 1 heterocycles. The van der Waals surface area contributed by atoms with Crippen LogP contribution in [0, 0.1) is 22.7 Å². The third kappa shape index (κ3) is 3.56. The minimum Gasteiger partial charge on any atom is -0.456 e. The fourth-order valence-corrected chi connectivity index (χ4v) is 7.21. The Bertz CT molecular complexity index is 2680. The van der Waals surface area contributed by atoms with Gasteiger partial charge in [-0.25, -0.2) is 0 Å². The lowest BCUT2D eigenvalue weighted by Crippen LogP contribution is -1.90. The molecule has 1 aromatic heterocycles. The minimum absolute atomic E-state index is 0.699. The minimum atomic E-state index is 0.699. The first-order valence-electron chi connectivity index (χ1n) is 14.9. The highest BCUT2D eigenvalue weighted by molar-refractivity contribution is 6.19. The Labute approximate surface area is 258 Å². The van der Waals surface area contributed by atoms with E-state index < -0.39 is 0 Å². The molecule has 0 bridgehead atoms. The number of furan rings is 1. The first kappa shape index (κ1) is 25.1. The zero-order chi connectivity index (χ0) is 30.1. The molecule has 3 heteroatoms. The molecule has 45 heavy (non-hydrogen) atoms. The van der Waals surface area contributed by atoms with Crippen molar-refractivity contribution in [2.24, 2.45) is 0 Å². The van der Waals surface area contributed by atoms with Crippen molar-refractivity contribution in [3.63, 3.8) is 0 Å². The molecule has 206 valence electrons. The highest BCUT2D eigenvalue weighted by atomic mass is 16.3. The summed E-state index contributed by atoms with van der Waals surface area (Å²) < 4.78 is 6.49. The molecule has 0 atom stereocenters. The average Bonchev–Trinajstić information content (AvgIpc) is 3.46. The molecule has 0 N–H and O–H groups in total. The van der Waals surface area contributed by atoms with E-state index >= 15 is 0 Å². The summed E-state index contributed by atoms with van der Waals surface area (Å²) >= 11 is 0. The zero-order valence-electron chi connectivity index (χ0n) is 24.0. The van der Waals surface area contributed by atoms with Gasteiger partial charge in [-0.05, 0) is 68.1 Å². The molecule has 0 aliphatic carbocycles. The second kappa shape index (κ2) is 9.55. The maximum atomic E-state index is 10.1. The number of nitrogens with zero attached hydrogens (tertiary/aromatic N) is 2. The number of fused-ring (bicyclic) bond motifs is 7. The van der Waals surface area contributed by atoms with Gasteiger partial charge in [0.15, 0.2) is 0 Å². The molecule has 0 spiro atoms. The van der Waals surface area contributed by atoms with Crippen LogP contribution in [0.4, 0.5) is 0 Å². The van der Waals surface area contributed by atoms with Crippen LogP contribution in [0.2, 0.25) is 0 Å². The summed E-state index contributed by atoms with van der Waals surface area (Å²) in [5.74, 6) is 0. The molecule has 0 unspecified atom stereocenters. The van der Waals surface area contributed by atoms with Crippen LogP contribution < -0.4 is 0 Å². The van der Waals surface area contributed by atoms with E-state index in [4.69, 9.17) is 4.42 Å². The molecule has 0 aliphatic heterocycles. The highest BCUT2D eigenvalue weighted by Gasteiger charge is 2.19. The van der Waals surface area contributed by atoms with E-state index in [9.17, 15) is 10.5 Å². The van der Waals surface area contributed by atoms with Gasteiger partial charge < -0.3 is 4.42 Å². The van der Waals surface area contributed by atoms with Gasteiger partial charge in [0.25, 0.3) is 0 Å². The predicted molar refractivity (Wildman–Crippen MR) is 184 cm³/mol. The Morgan fingerprint density at radius 2 is 0.756 bits per heavy atom. The summed E-state index contributed by atoms with van der Waals surface area (Å²) in [5, 5.41) is 30.3. The molecule has 0 aliphatic rings. The molecule has 9 rings (SSSR count). The first-order chi connectivity index (χ1) is 22.2. The molecular weight excluding hydrogens is 548 g/mol. The largest absolute Gasteiger partial charge is 0.456 e. The van der Waals surface area contributed by atoms with Gasteiger partial charge in [-0.1, -0.05) is 109 Å². The summed E-state index contributed by atoms with van der Waals surface area (Å²) in [6.45, 7) is 0. The van der Waals surface area contributed by atoms with E-state index in [1.165, 1.54) is 0 Å². The standard InChI is InChI=1S/C42H22N2O/c43-23-37-27-9-1-5-13-32(27)41(33-14-6-2-10-28(33)37)25-18-20-39-36(21-25)31-19-17-26(22-40(31)45-39)42-34-15-7-3-11-29(34)38(24-44)30-12-4-8-16-35(30)42/h1-22H. The van der Waals surface area contributed by atoms with Gasteiger partial charge in [0.05, 0.1) is 11.1 Å². The molecule has 8 aromatic carbocycles. The van der Waals surface area contributed by atoms with Crippen LogP contribution in [0.5, 0.6) is 0 Å². The van der Waals surface area contributed by atoms with Crippen LogP contribution >= 0.6 is 0 Å². The van der Waals surface area contributed by atoms with Crippen molar-refractivity contribution in [3.8, 4) is 34.4 Å². The number of hydrogen-bond acceptors (Lipinski definition) is 3. The molecule has 9 aromatic rings. The Balaban J connectivity index is 1.30. The second-order valence-electron chi connectivity index (χ2n) is 11.4. The Morgan fingerprint density at radius 1 is 0.356 bits per heavy atom. The van der Waals surface area contributed by atoms with Gasteiger partial charge in [0.2, 0.25) is 0 Å². The van der Waals surface area contributed by atoms with Gasteiger partial charge in [0.1, 0.15) is 23.3 Å². The van der Waals surface area contributed by atoms with Gasteiger partial charge in [-0.3, -0.25) is 0 Å². The maximum absolute atomic E-state index is 10.1. The zero-order valence-corrected chi connectivity index (χ0v) is 24.0. The van der Waals surface area contributed by atoms with Gasteiger partial charge >= 0.3 is 0 Å². The summed E-state index contributed by atoms with van der Waals surface area (Å²) in [6, 6.07) is 50.4. The van der Waals surface area contributed by atoms with Crippen LogP contribution in [0.25, 0.3) is 87.3 Å². The van der Waals surface area contributed by atoms with E-state index in [1.807, 2.05) is 72.8 Å². The molecule has 0 amide bonds. The molecule has 0 saturated heterocycles. The fourth-order valence-electron chi connectivity index (χ4n) is 7.21. The number of nitriles is 2. The van der Waals surface area contributed by atoms with E-state index in [0.717, 1.165) is 87.3 Å². The molecule has 0 radical (unpaired) electrons. The Hall–Kier alpha value is -6.42. The number of benzene rings is 8. The number of rotatable bonds is 2. The number of hydrogen-bond donors (Lipinski definition) is 0. The van der Waals surface area contributed by atoms with Crippen molar-refractivity contribution in [2.45, 2.75) is 0 Å². The lowest BCUT2D eigenvalue weighted by molar-refractivity contribution is 0.669. The average molecular weight is 571 g/mol. The molecule has 0 saturated carbocycles. The van der Waals surface area contributed by atoms with Crippen molar-refractivity contribution in [1.82, 2.24) is 0 Å². The van der Waals surface area contributed by atoms with Crippen LogP contribution in [-0.2, 0) is 0 Å². The van der Waals surface area contributed by atoms with Crippen molar-refractivity contribution in [3.05, 3.63) is 145 Å². The van der Waals surface area contributed by atoms with Crippen molar-refractivity contribution in [2.75, 3.05) is 0 Å². The molecule has 3 nitrogen and oxygen atoms in total. The predicted octanol–water partition coefficient (Wildman–Crippen LogP) is 11.3. The fraction of sp³-hybridized carbons (Fsp3) is 0. The van der Waals surface area contributed by atoms with Gasteiger partial charge in [-0.2, -0.15) is 10.5 Å². The van der Waals surface area contributed by atoms with E-state index in [0.29, 0.717) is 11.1 Å². The Morgan fingerprint density at radius 3 is 1.20 bits per heavy atom. The van der Waals surface area contributed by atoms with E-state index in [1.54, 1.807) is 0 Å². The van der Waals surface area contributed by atoms with Crippen molar-refractivity contribution < 1.29 is 4.42 Å². The van der Waals surface area contributed by atoms with E-state index in [2.05, 4.69) is 72.8 Å². The second-order valence-corrected chi connectivity index (χ2v) is 11.4. The Kier molecular flexibility index (Phi) is 5.33. The van der Waals surface area contributed by atoms with Crippen molar-refractivity contribution >= 4 is 65.0 Å². The lowest BCUT2D eigenvalue weighted by atomic mass is 9.88. The monoisotopic (exact) mass is 570 g/mol. The van der Waals surface area contributed by atoms with Gasteiger partial charge in [-0.15, -0.1) is 0 Å². The first-order valence-corrected chi connectivity index (χ1v) is 14.9. The smallest absolute Gasteiger partial charge is 0.136 e. The van der Waals surface area contributed by atoms with Crippen molar-refractivity contribution in [1.29, 1.82) is 10.5 Å². The summed E-state index contributed by atoms with van der Waals surface area (Å²) in [6.07, 6.45) is 0. The molecular formula is C42H22N2O. The van der Waals surface area contributed by atoms with Crippen LogP contribution in [0.3, 0.4) is 0 Å². The maximum Gasteiger partial charge on any atom is 0.136 e. The van der Waals surface area contributed by atoms with Crippen LogP contribution in [-0.4, -0.2) is 0 Å². The highest BCUT2D eigenvalue weighted by Crippen LogP contribution is 2.43. The third-order valence-corrected chi connectivity index (χ3v) is 9.14. The third-order valence-electron chi connectivity index (χ3n) is 9.14. The lowest BCUT2D eigenvalue weighted by Gasteiger charge is -2.14. The van der Waals surface area contributed by atoms with Gasteiger partial charge in [0, 0.05) is 32.3 Å².